The summed E-state index contributed by atoms with van der Waals surface area (Å²) in [6.45, 7) is 4.77. The Morgan fingerprint density at radius 3 is 2.52 bits per heavy atom. The zero-order chi connectivity index (χ0) is 15.2. The minimum atomic E-state index is -0.159. The number of benzene rings is 1. The number of hydrogen-bond donors (Lipinski definition) is 2. The molecular weight excluding hydrogens is 286 g/mol. The Kier molecular flexibility index (Phi) is 5.17. The molecule has 1 aromatic heterocycles. The van der Waals surface area contributed by atoms with Crippen LogP contribution in [0.1, 0.15) is 29.9 Å². The number of carbonyl (C=O) groups excluding carboxylic acids is 1. The molecule has 1 amide bonds. The minimum absolute atomic E-state index is 0.159. The van der Waals surface area contributed by atoms with Crippen LogP contribution in [-0.4, -0.2) is 17.4 Å². The van der Waals surface area contributed by atoms with Crippen molar-refractivity contribution >= 4 is 29.0 Å². The first kappa shape index (κ1) is 15.3. The Hall–Kier alpha value is -2.07. The lowest BCUT2D eigenvalue weighted by Crippen LogP contribution is -2.13. The zero-order valence-electron chi connectivity index (χ0n) is 12.1. The molecule has 2 aromatic rings. The van der Waals surface area contributed by atoms with E-state index in [1.165, 1.54) is 0 Å². The summed E-state index contributed by atoms with van der Waals surface area (Å²) in [6.07, 6.45) is 0.778. The van der Waals surface area contributed by atoms with E-state index < -0.39 is 0 Å². The number of pyridine rings is 1. The van der Waals surface area contributed by atoms with Gasteiger partial charge in [0.05, 0.1) is 0 Å². The van der Waals surface area contributed by atoms with E-state index in [2.05, 4.69) is 15.6 Å². The first-order valence-electron chi connectivity index (χ1n) is 6.94. The summed E-state index contributed by atoms with van der Waals surface area (Å²) in [5, 5.41) is 6.63. The molecule has 0 fully saturated rings. The monoisotopic (exact) mass is 303 g/mol. The molecular formula is C16H18ClN3O. The van der Waals surface area contributed by atoms with Crippen molar-refractivity contribution < 1.29 is 4.79 Å². The number of anilines is 2. The third kappa shape index (κ3) is 4.20. The van der Waals surface area contributed by atoms with Crippen LogP contribution in [0.2, 0.25) is 5.02 Å². The van der Waals surface area contributed by atoms with Crippen LogP contribution in [0.3, 0.4) is 0 Å². The summed E-state index contributed by atoms with van der Waals surface area (Å²) >= 11 is 5.83. The highest BCUT2D eigenvalue weighted by molar-refractivity contribution is 6.30. The van der Waals surface area contributed by atoms with E-state index in [0.717, 1.165) is 24.5 Å². The third-order valence-electron chi connectivity index (χ3n) is 2.96. The fourth-order valence-electron chi connectivity index (χ4n) is 1.91. The fourth-order valence-corrected chi connectivity index (χ4v) is 2.03. The summed E-state index contributed by atoms with van der Waals surface area (Å²) in [5.41, 5.74) is 2.19. The van der Waals surface area contributed by atoms with Crippen LogP contribution < -0.4 is 10.6 Å². The molecule has 5 heteroatoms. The van der Waals surface area contributed by atoms with Gasteiger partial charge in [0, 0.05) is 28.5 Å². The molecule has 21 heavy (non-hydrogen) atoms. The van der Waals surface area contributed by atoms with Crippen molar-refractivity contribution in [2.75, 3.05) is 17.2 Å². The van der Waals surface area contributed by atoms with Gasteiger partial charge in [-0.15, -0.1) is 0 Å². The average Bonchev–Trinajstić information content (AvgIpc) is 2.49. The van der Waals surface area contributed by atoms with Gasteiger partial charge in [0.1, 0.15) is 5.82 Å². The molecule has 1 heterocycles. The van der Waals surface area contributed by atoms with Gasteiger partial charge in [-0.2, -0.15) is 0 Å². The Balaban J connectivity index is 2.21. The normalized spacial score (nSPS) is 10.2. The molecule has 0 unspecified atom stereocenters. The van der Waals surface area contributed by atoms with E-state index in [9.17, 15) is 4.79 Å². The van der Waals surface area contributed by atoms with Gasteiger partial charge in [-0.3, -0.25) is 4.79 Å². The number of carbonyl (C=O) groups is 1. The van der Waals surface area contributed by atoms with Crippen LogP contribution in [0, 0.1) is 0 Å². The number of halogens is 1. The minimum Gasteiger partial charge on any atom is -0.370 e. The summed E-state index contributed by atoms with van der Waals surface area (Å²) in [6, 6.07) is 10.6. The second-order valence-electron chi connectivity index (χ2n) is 4.58. The Labute approximate surface area is 129 Å². The standard InChI is InChI=1S/C16H18ClN3O/c1-3-13-9-11(10-15(19-13)18-4-2)16(21)20-14-7-5-12(17)6-8-14/h5-10H,3-4H2,1-2H3,(H,18,19)(H,20,21). The lowest BCUT2D eigenvalue weighted by molar-refractivity contribution is 0.102. The summed E-state index contributed by atoms with van der Waals surface area (Å²) in [5.74, 6) is 0.562. The first-order valence-corrected chi connectivity index (χ1v) is 7.32. The molecule has 0 aliphatic heterocycles. The SMILES string of the molecule is CCNc1cc(C(=O)Nc2ccc(Cl)cc2)cc(CC)n1. The van der Waals surface area contributed by atoms with Crippen molar-refractivity contribution in [2.24, 2.45) is 0 Å². The number of aromatic nitrogens is 1. The van der Waals surface area contributed by atoms with Crippen molar-refractivity contribution in [1.82, 2.24) is 4.98 Å². The second kappa shape index (κ2) is 7.09. The number of hydrogen-bond acceptors (Lipinski definition) is 3. The molecule has 2 N–H and O–H groups in total. The van der Waals surface area contributed by atoms with Gasteiger partial charge in [-0.1, -0.05) is 18.5 Å². The number of amides is 1. The van der Waals surface area contributed by atoms with Crippen LogP contribution in [0.15, 0.2) is 36.4 Å². The molecule has 0 spiro atoms. The van der Waals surface area contributed by atoms with Gasteiger partial charge in [-0.05, 0) is 49.7 Å². The van der Waals surface area contributed by atoms with Crippen molar-refractivity contribution in [3.63, 3.8) is 0 Å². The molecule has 0 saturated heterocycles. The van der Waals surface area contributed by atoms with Gasteiger partial charge in [0.25, 0.3) is 5.91 Å². The Morgan fingerprint density at radius 2 is 1.90 bits per heavy atom. The molecule has 0 aliphatic carbocycles. The Bertz CT molecular complexity index is 626. The highest BCUT2D eigenvalue weighted by Gasteiger charge is 2.09. The highest BCUT2D eigenvalue weighted by atomic mass is 35.5. The molecule has 1 aromatic carbocycles. The number of nitrogens with zero attached hydrogens (tertiary/aromatic N) is 1. The van der Waals surface area contributed by atoms with E-state index in [-0.39, 0.29) is 5.91 Å². The van der Waals surface area contributed by atoms with E-state index in [0.29, 0.717) is 16.3 Å². The lowest BCUT2D eigenvalue weighted by Gasteiger charge is -2.09. The lowest BCUT2D eigenvalue weighted by atomic mass is 10.1. The van der Waals surface area contributed by atoms with Gasteiger partial charge in [-0.25, -0.2) is 4.98 Å². The molecule has 0 bridgehead atoms. The summed E-state index contributed by atoms with van der Waals surface area (Å²) in [4.78, 5) is 16.8. The fraction of sp³-hybridized carbons (Fsp3) is 0.250. The molecule has 2 rings (SSSR count). The average molecular weight is 304 g/mol. The number of rotatable bonds is 5. The molecule has 110 valence electrons. The van der Waals surface area contributed by atoms with Gasteiger partial charge >= 0.3 is 0 Å². The maximum atomic E-state index is 12.3. The summed E-state index contributed by atoms with van der Waals surface area (Å²) in [7, 11) is 0. The highest BCUT2D eigenvalue weighted by Crippen LogP contribution is 2.16. The number of nitrogens with one attached hydrogen (secondary N) is 2. The quantitative estimate of drug-likeness (QED) is 0.878. The van der Waals surface area contributed by atoms with E-state index >= 15 is 0 Å². The van der Waals surface area contributed by atoms with Crippen LogP contribution in [0.5, 0.6) is 0 Å². The smallest absolute Gasteiger partial charge is 0.255 e. The molecule has 0 atom stereocenters. The second-order valence-corrected chi connectivity index (χ2v) is 5.01. The molecule has 0 saturated carbocycles. The largest absolute Gasteiger partial charge is 0.370 e. The Morgan fingerprint density at radius 1 is 1.19 bits per heavy atom. The summed E-state index contributed by atoms with van der Waals surface area (Å²) < 4.78 is 0. The maximum absolute atomic E-state index is 12.3. The van der Waals surface area contributed by atoms with E-state index in [1.807, 2.05) is 19.9 Å². The topological polar surface area (TPSA) is 54.0 Å². The molecule has 0 radical (unpaired) electrons. The zero-order valence-corrected chi connectivity index (χ0v) is 12.9. The van der Waals surface area contributed by atoms with Gasteiger partial charge in [0.15, 0.2) is 0 Å². The maximum Gasteiger partial charge on any atom is 0.255 e. The van der Waals surface area contributed by atoms with Crippen LogP contribution in [0.4, 0.5) is 11.5 Å². The van der Waals surface area contributed by atoms with E-state index in [1.54, 1.807) is 30.3 Å². The van der Waals surface area contributed by atoms with Crippen molar-refractivity contribution in [3.05, 3.63) is 52.7 Å². The van der Waals surface area contributed by atoms with Crippen molar-refractivity contribution in [2.45, 2.75) is 20.3 Å². The molecule has 0 aliphatic rings. The van der Waals surface area contributed by atoms with Crippen LogP contribution >= 0.6 is 11.6 Å². The number of aryl methyl sites for hydroxylation is 1. The van der Waals surface area contributed by atoms with Crippen molar-refractivity contribution in [1.29, 1.82) is 0 Å². The van der Waals surface area contributed by atoms with Crippen molar-refractivity contribution in [3.8, 4) is 0 Å². The first-order chi connectivity index (χ1) is 10.1. The predicted octanol–water partition coefficient (Wildman–Crippen LogP) is 3.98. The van der Waals surface area contributed by atoms with Crippen LogP contribution in [-0.2, 0) is 6.42 Å². The van der Waals surface area contributed by atoms with Crippen LogP contribution in [0.25, 0.3) is 0 Å². The van der Waals surface area contributed by atoms with E-state index in [4.69, 9.17) is 11.6 Å². The third-order valence-corrected chi connectivity index (χ3v) is 3.21. The van der Waals surface area contributed by atoms with Gasteiger partial charge < -0.3 is 10.6 Å². The predicted molar refractivity (Wildman–Crippen MR) is 87.2 cm³/mol. The molecule has 4 nitrogen and oxygen atoms in total. The van der Waals surface area contributed by atoms with Gasteiger partial charge in [0.2, 0.25) is 0 Å².